The highest BCUT2D eigenvalue weighted by Gasteiger charge is 2.27. The quantitative estimate of drug-likeness (QED) is 0.902. The van der Waals surface area contributed by atoms with Crippen molar-refractivity contribution >= 4 is 12.0 Å². The number of carbonyl (C=O) groups is 2. The molecule has 1 saturated heterocycles. The summed E-state index contributed by atoms with van der Waals surface area (Å²) in [6.07, 6.45) is -0.329. The number of rotatable bonds is 2. The molecule has 0 aliphatic carbocycles. The molecular formula is C18H26N2O4. The van der Waals surface area contributed by atoms with Crippen LogP contribution in [0.5, 0.6) is 5.75 Å². The highest BCUT2D eigenvalue weighted by atomic mass is 16.6. The molecule has 1 aromatic rings. The molecule has 1 heterocycles. The van der Waals surface area contributed by atoms with E-state index in [1.165, 1.54) is 0 Å². The first-order chi connectivity index (χ1) is 11.2. The number of hydrogen-bond acceptors (Lipinski definition) is 4. The van der Waals surface area contributed by atoms with E-state index in [0.29, 0.717) is 38.3 Å². The van der Waals surface area contributed by atoms with E-state index in [4.69, 9.17) is 4.74 Å². The molecule has 1 aliphatic heterocycles. The Balaban J connectivity index is 2.07. The van der Waals surface area contributed by atoms with Crippen LogP contribution >= 0.6 is 0 Å². The van der Waals surface area contributed by atoms with Gasteiger partial charge in [-0.05, 0) is 30.5 Å². The van der Waals surface area contributed by atoms with Crippen LogP contribution < -0.4 is 0 Å². The topological polar surface area (TPSA) is 70.1 Å². The van der Waals surface area contributed by atoms with Crippen molar-refractivity contribution in [1.29, 1.82) is 0 Å². The van der Waals surface area contributed by atoms with Gasteiger partial charge in [0.2, 0.25) is 0 Å². The first kappa shape index (κ1) is 18.1. The third kappa shape index (κ3) is 3.99. The second-order valence-corrected chi connectivity index (χ2v) is 6.96. The second-order valence-electron chi connectivity index (χ2n) is 6.96. The molecule has 6 heteroatoms. The molecule has 1 aliphatic rings. The average Bonchev–Trinajstić information content (AvgIpc) is 2.54. The lowest BCUT2D eigenvalue weighted by molar-refractivity contribution is 0.0570. The number of phenols is 1. The summed E-state index contributed by atoms with van der Waals surface area (Å²) >= 11 is 0. The fourth-order valence-electron chi connectivity index (χ4n) is 2.76. The number of amides is 2. The molecule has 0 unspecified atom stereocenters. The van der Waals surface area contributed by atoms with Gasteiger partial charge in [-0.15, -0.1) is 0 Å². The standard InChI is InChI=1S/C18H26N2O4/c1-5-24-17(23)20-10-8-19(9-11-20)16(22)13-6-7-15(21)14(12-13)18(2,3)4/h6-7,12,21H,5,8-11H2,1-4H3. The van der Waals surface area contributed by atoms with E-state index in [1.807, 2.05) is 20.8 Å². The Morgan fingerprint density at radius 2 is 1.71 bits per heavy atom. The Morgan fingerprint density at radius 3 is 2.25 bits per heavy atom. The van der Waals surface area contributed by atoms with E-state index in [-0.39, 0.29) is 23.2 Å². The number of carbonyl (C=O) groups excluding carboxylic acids is 2. The third-order valence-corrected chi connectivity index (χ3v) is 4.14. The average molecular weight is 334 g/mol. The second kappa shape index (κ2) is 7.11. The summed E-state index contributed by atoms with van der Waals surface area (Å²) in [6.45, 7) is 9.99. The van der Waals surface area contributed by atoms with E-state index in [0.717, 1.165) is 5.56 Å². The van der Waals surface area contributed by atoms with Gasteiger partial charge in [-0.3, -0.25) is 4.79 Å². The van der Waals surface area contributed by atoms with E-state index < -0.39 is 0 Å². The van der Waals surface area contributed by atoms with Crippen LogP contribution in [0.1, 0.15) is 43.6 Å². The summed E-state index contributed by atoms with van der Waals surface area (Å²) in [4.78, 5) is 27.8. The highest BCUT2D eigenvalue weighted by Crippen LogP contribution is 2.31. The zero-order valence-corrected chi connectivity index (χ0v) is 14.8. The van der Waals surface area contributed by atoms with E-state index in [2.05, 4.69) is 0 Å². The number of ether oxygens (including phenoxy) is 1. The van der Waals surface area contributed by atoms with Gasteiger partial charge in [-0.25, -0.2) is 4.79 Å². The zero-order valence-electron chi connectivity index (χ0n) is 14.8. The van der Waals surface area contributed by atoms with Gasteiger partial charge in [0, 0.05) is 37.3 Å². The van der Waals surface area contributed by atoms with Crippen molar-refractivity contribution in [2.45, 2.75) is 33.1 Å². The van der Waals surface area contributed by atoms with Crippen LogP contribution in [0.2, 0.25) is 0 Å². The molecular weight excluding hydrogens is 308 g/mol. The molecule has 0 aromatic heterocycles. The lowest BCUT2D eigenvalue weighted by Crippen LogP contribution is -2.50. The maximum atomic E-state index is 12.7. The van der Waals surface area contributed by atoms with E-state index in [9.17, 15) is 14.7 Å². The minimum absolute atomic E-state index is 0.0796. The normalized spacial score (nSPS) is 15.3. The molecule has 0 atom stereocenters. The number of hydrogen-bond donors (Lipinski definition) is 1. The van der Waals surface area contributed by atoms with E-state index >= 15 is 0 Å². The van der Waals surface area contributed by atoms with Crippen LogP contribution in [0.4, 0.5) is 4.79 Å². The number of benzene rings is 1. The van der Waals surface area contributed by atoms with Crippen molar-refractivity contribution in [2.75, 3.05) is 32.8 Å². The molecule has 24 heavy (non-hydrogen) atoms. The van der Waals surface area contributed by atoms with Crippen molar-refractivity contribution < 1.29 is 19.4 Å². The summed E-state index contributed by atoms with van der Waals surface area (Å²) in [5.74, 6) is 0.121. The van der Waals surface area contributed by atoms with Crippen LogP contribution in [0.3, 0.4) is 0 Å². The Morgan fingerprint density at radius 1 is 1.12 bits per heavy atom. The van der Waals surface area contributed by atoms with Gasteiger partial charge in [0.25, 0.3) is 5.91 Å². The Labute approximate surface area is 143 Å². The van der Waals surface area contributed by atoms with Crippen molar-refractivity contribution in [3.05, 3.63) is 29.3 Å². The third-order valence-electron chi connectivity index (χ3n) is 4.14. The first-order valence-corrected chi connectivity index (χ1v) is 8.28. The molecule has 0 radical (unpaired) electrons. The van der Waals surface area contributed by atoms with Crippen LogP contribution in [0.25, 0.3) is 0 Å². The van der Waals surface area contributed by atoms with Gasteiger partial charge in [0.15, 0.2) is 0 Å². The Kier molecular flexibility index (Phi) is 5.36. The van der Waals surface area contributed by atoms with Crippen molar-refractivity contribution in [1.82, 2.24) is 9.80 Å². The summed E-state index contributed by atoms with van der Waals surface area (Å²) in [5.41, 5.74) is 1.06. The highest BCUT2D eigenvalue weighted by molar-refractivity contribution is 5.94. The molecule has 132 valence electrons. The summed E-state index contributed by atoms with van der Waals surface area (Å²) in [6, 6.07) is 4.97. The minimum Gasteiger partial charge on any atom is -0.508 e. The van der Waals surface area contributed by atoms with Crippen LogP contribution in [-0.2, 0) is 10.2 Å². The van der Waals surface area contributed by atoms with Gasteiger partial charge < -0.3 is 19.6 Å². The molecule has 0 saturated carbocycles. The van der Waals surface area contributed by atoms with Crippen LogP contribution in [0, 0.1) is 0 Å². The molecule has 1 fully saturated rings. The van der Waals surface area contributed by atoms with Gasteiger partial charge in [-0.1, -0.05) is 20.8 Å². The molecule has 1 aromatic carbocycles. The summed E-state index contributed by atoms with van der Waals surface area (Å²) < 4.78 is 4.98. The molecule has 2 amide bonds. The fraction of sp³-hybridized carbons (Fsp3) is 0.556. The smallest absolute Gasteiger partial charge is 0.409 e. The van der Waals surface area contributed by atoms with Gasteiger partial charge in [-0.2, -0.15) is 0 Å². The molecule has 2 rings (SSSR count). The number of piperazine rings is 1. The molecule has 6 nitrogen and oxygen atoms in total. The zero-order chi connectivity index (χ0) is 17.9. The van der Waals surface area contributed by atoms with Crippen molar-refractivity contribution in [3.8, 4) is 5.75 Å². The van der Waals surface area contributed by atoms with Gasteiger partial charge >= 0.3 is 6.09 Å². The summed E-state index contributed by atoms with van der Waals surface area (Å²) in [5, 5.41) is 10.0. The predicted octanol–water partition coefficient (Wildman–Crippen LogP) is 2.60. The van der Waals surface area contributed by atoms with E-state index in [1.54, 1.807) is 34.9 Å². The lowest BCUT2D eigenvalue weighted by atomic mass is 9.85. The fourth-order valence-corrected chi connectivity index (χ4v) is 2.76. The molecule has 0 bridgehead atoms. The van der Waals surface area contributed by atoms with Gasteiger partial charge in [0.05, 0.1) is 6.61 Å². The van der Waals surface area contributed by atoms with Crippen molar-refractivity contribution in [2.24, 2.45) is 0 Å². The minimum atomic E-state index is -0.329. The number of aromatic hydroxyl groups is 1. The molecule has 1 N–H and O–H groups in total. The van der Waals surface area contributed by atoms with Gasteiger partial charge in [0.1, 0.15) is 5.75 Å². The predicted molar refractivity (Wildman–Crippen MR) is 91.3 cm³/mol. The van der Waals surface area contributed by atoms with Crippen LogP contribution in [-0.4, -0.2) is 59.7 Å². The maximum absolute atomic E-state index is 12.7. The monoisotopic (exact) mass is 334 g/mol. The molecule has 0 spiro atoms. The number of phenolic OH excluding ortho intramolecular Hbond substituents is 1. The lowest BCUT2D eigenvalue weighted by Gasteiger charge is -2.34. The SMILES string of the molecule is CCOC(=O)N1CCN(C(=O)c2ccc(O)c(C(C)(C)C)c2)CC1. The summed E-state index contributed by atoms with van der Waals surface area (Å²) in [7, 11) is 0. The Bertz CT molecular complexity index is 614. The largest absolute Gasteiger partial charge is 0.508 e. The number of nitrogens with zero attached hydrogens (tertiary/aromatic N) is 2. The van der Waals surface area contributed by atoms with Crippen LogP contribution in [0.15, 0.2) is 18.2 Å². The first-order valence-electron chi connectivity index (χ1n) is 8.28. The van der Waals surface area contributed by atoms with Crippen molar-refractivity contribution in [3.63, 3.8) is 0 Å². The Hall–Kier alpha value is -2.24. The maximum Gasteiger partial charge on any atom is 0.409 e.